The van der Waals surface area contributed by atoms with Crippen molar-refractivity contribution in [3.05, 3.63) is 33.1 Å². The summed E-state index contributed by atoms with van der Waals surface area (Å²) >= 11 is 0. The van der Waals surface area contributed by atoms with Gasteiger partial charge in [0.2, 0.25) is 5.91 Å². The lowest BCUT2D eigenvalue weighted by atomic mass is 9.77. The van der Waals surface area contributed by atoms with E-state index in [1.54, 1.807) is 11.8 Å². The Balaban J connectivity index is 1.67. The number of aliphatic hydroxyl groups is 1. The second-order valence-electron chi connectivity index (χ2n) is 8.43. The molecule has 2 saturated heterocycles. The summed E-state index contributed by atoms with van der Waals surface area (Å²) in [5, 5.41) is 19.6. The Hall–Kier alpha value is -2.50. The van der Waals surface area contributed by atoms with Gasteiger partial charge in [-0.1, -0.05) is 0 Å². The van der Waals surface area contributed by atoms with Crippen molar-refractivity contribution in [2.24, 2.45) is 5.73 Å². The number of ether oxygens (including phenoxy) is 1. The number of H-pyrrole nitrogens is 1. The number of aliphatic carboxylic acids is 1. The predicted octanol–water partition coefficient (Wildman–Crippen LogP) is -1.20. The third-order valence-corrected chi connectivity index (χ3v) is 6.15. The number of aromatic amines is 1. The summed E-state index contributed by atoms with van der Waals surface area (Å²) in [5.74, 6) is -1.29. The van der Waals surface area contributed by atoms with E-state index in [0.29, 0.717) is 32.4 Å². The molecule has 11 nitrogen and oxygen atoms in total. The van der Waals surface area contributed by atoms with Crippen molar-refractivity contribution in [2.75, 3.05) is 19.7 Å². The zero-order valence-corrected chi connectivity index (χ0v) is 16.9. The molecule has 3 atom stereocenters. The van der Waals surface area contributed by atoms with Crippen molar-refractivity contribution >= 4 is 11.9 Å². The van der Waals surface area contributed by atoms with Crippen LogP contribution in [-0.4, -0.2) is 73.5 Å². The lowest BCUT2D eigenvalue weighted by molar-refractivity contribution is -0.202. The number of piperidine rings is 1. The molecule has 2 aliphatic rings. The maximum Gasteiger partial charge on any atom is 0.328 e. The topological polar surface area (TPSA) is 168 Å². The van der Waals surface area contributed by atoms with E-state index in [4.69, 9.17) is 15.6 Å². The summed E-state index contributed by atoms with van der Waals surface area (Å²) in [7, 11) is 0. The zero-order chi connectivity index (χ0) is 22.1. The maximum atomic E-state index is 12.4. The molecule has 3 heterocycles. The van der Waals surface area contributed by atoms with Gasteiger partial charge in [-0.15, -0.1) is 0 Å². The second kappa shape index (κ2) is 8.32. The highest BCUT2D eigenvalue weighted by atomic mass is 16.5. The minimum Gasteiger partial charge on any atom is -0.480 e. The molecule has 1 aromatic rings. The number of carboxylic acid groups (broad SMARTS) is 1. The van der Waals surface area contributed by atoms with Gasteiger partial charge in [0.1, 0.15) is 11.6 Å². The van der Waals surface area contributed by atoms with Crippen LogP contribution in [0.3, 0.4) is 0 Å². The van der Waals surface area contributed by atoms with Gasteiger partial charge in [-0.25, -0.2) is 4.79 Å². The van der Waals surface area contributed by atoms with Crippen LogP contribution in [0.1, 0.15) is 45.1 Å². The average Bonchev–Trinajstić information content (AvgIpc) is 2.69. The standard InChI is InChI=1S/C19H28N4O7/c1-18(29)11-30-19(10-13(18)23-7-4-14(24)21-17(23)28)5-8-22(9-6-19)15(25)3-2-12(20)16(26)27/h4,7,12-13,29H,2-3,5-6,8-11,20H2,1H3,(H,26,27)(H,21,24,28)/t12-,13+,18+/m1/s1. The molecular formula is C19H28N4O7. The molecule has 0 aromatic carbocycles. The number of carbonyl (C=O) groups is 2. The maximum absolute atomic E-state index is 12.4. The second-order valence-corrected chi connectivity index (χ2v) is 8.43. The zero-order valence-electron chi connectivity index (χ0n) is 16.9. The van der Waals surface area contributed by atoms with E-state index in [2.05, 4.69) is 4.98 Å². The third kappa shape index (κ3) is 4.63. The van der Waals surface area contributed by atoms with Crippen LogP contribution in [0.2, 0.25) is 0 Å². The average molecular weight is 424 g/mol. The molecule has 1 spiro atoms. The van der Waals surface area contributed by atoms with Crippen molar-refractivity contribution in [3.63, 3.8) is 0 Å². The van der Waals surface area contributed by atoms with Gasteiger partial charge in [-0.05, 0) is 26.2 Å². The highest BCUT2D eigenvalue weighted by molar-refractivity contribution is 5.78. The SMILES string of the molecule is C[C@]1(O)COC2(CCN(C(=O)CC[C@@H](N)C(=O)O)CC2)C[C@@H]1n1ccc(=O)[nH]c1=O. The fraction of sp³-hybridized carbons (Fsp3) is 0.684. The molecule has 1 amide bonds. The van der Waals surface area contributed by atoms with Crippen molar-refractivity contribution in [1.82, 2.24) is 14.5 Å². The van der Waals surface area contributed by atoms with Crippen LogP contribution >= 0.6 is 0 Å². The molecule has 3 rings (SSSR count). The van der Waals surface area contributed by atoms with Crippen LogP contribution in [0.5, 0.6) is 0 Å². The molecule has 11 heteroatoms. The molecule has 0 saturated carbocycles. The van der Waals surface area contributed by atoms with E-state index in [1.807, 2.05) is 0 Å². The Morgan fingerprint density at radius 2 is 2.03 bits per heavy atom. The van der Waals surface area contributed by atoms with Gasteiger partial charge in [0, 0.05) is 38.2 Å². The first-order valence-corrected chi connectivity index (χ1v) is 9.97. The van der Waals surface area contributed by atoms with E-state index in [-0.39, 0.29) is 25.4 Å². The van der Waals surface area contributed by atoms with Crippen LogP contribution in [0, 0.1) is 0 Å². The number of rotatable bonds is 5. The monoisotopic (exact) mass is 424 g/mol. The van der Waals surface area contributed by atoms with E-state index in [9.17, 15) is 24.3 Å². The summed E-state index contributed by atoms with van der Waals surface area (Å²) in [6.45, 7) is 2.46. The lowest BCUT2D eigenvalue weighted by Gasteiger charge is -2.51. The van der Waals surface area contributed by atoms with Crippen molar-refractivity contribution in [3.8, 4) is 0 Å². The van der Waals surface area contributed by atoms with Gasteiger partial charge in [-0.2, -0.15) is 0 Å². The summed E-state index contributed by atoms with van der Waals surface area (Å²) in [6, 6.07) is -0.417. The number of carboxylic acids is 1. The Morgan fingerprint density at radius 1 is 1.37 bits per heavy atom. The fourth-order valence-corrected chi connectivity index (χ4v) is 4.17. The molecule has 1 aromatic heterocycles. The molecule has 0 radical (unpaired) electrons. The molecule has 0 unspecified atom stereocenters. The fourth-order valence-electron chi connectivity index (χ4n) is 4.17. The smallest absolute Gasteiger partial charge is 0.328 e. The quantitative estimate of drug-likeness (QED) is 0.457. The minimum absolute atomic E-state index is 0.0185. The Bertz CT molecular complexity index is 914. The molecular weight excluding hydrogens is 396 g/mol. The lowest BCUT2D eigenvalue weighted by Crippen LogP contribution is -2.58. The van der Waals surface area contributed by atoms with Gasteiger partial charge in [0.15, 0.2) is 0 Å². The highest BCUT2D eigenvalue weighted by Crippen LogP contribution is 2.43. The van der Waals surface area contributed by atoms with E-state index >= 15 is 0 Å². The number of likely N-dealkylation sites (tertiary alicyclic amines) is 1. The summed E-state index contributed by atoms with van der Waals surface area (Å²) in [4.78, 5) is 50.7. The Morgan fingerprint density at radius 3 is 2.63 bits per heavy atom. The first-order valence-electron chi connectivity index (χ1n) is 9.97. The summed E-state index contributed by atoms with van der Waals surface area (Å²) in [6.07, 6.45) is 2.92. The number of carbonyl (C=O) groups excluding carboxylic acids is 1. The number of nitrogens with one attached hydrogen (secondary N) is 1. The molecule has 0 bridgehead atoms. The van der Waals surface area contributed by atoms with E-state index < -0.39 is 40.5 Å². The van der Waals surface area contributed by atoms with Crippen LogP contribution in [0.15, 0.2) is 21.9 Å². The summed E-state index contributed by atoms with van der Waals surface area (Å²) < 4.78 is 7.35. The third-order valence-electron chi connectivity index (χ3n) is 6.15. The van der Waals surface area contributed by atoms with Gasteiger partial charge in [-0.3, -0.25) is 23.9 Å². The normalized spacial score (nSPS) is 27.0. The first-order chi connectivity index (χ1) is 14.0. The predicted molar refractivity (Wildman–Crippen MR) is 105 cm³/mol. The minimum atomic E-state index is -1.30. The molecule has 0 aliphatic carbocycles. The molecule has 30 heavy (non-hydrogen) atoms. The van der Waals surface area contributed by atoms with E-state index in [1.165, 1.54) is 16.8 Å². The van der Waals surface area contributed by atoms with E-state index in [0.717, 1.165) is 0 Å². The van der Waals surface area contributed by atoms with Crippen LogP contribution in [0.25, 0.3) is 0 Å². The number of hydrogen-bond acceptors (Lipinski definition) is 7. The molecule has 2 aliphatic heterocycles. The Kier molecular flexibility index (Phi) is 6.16. The number of hydrogen-bond donors (Lipinski definition) is 4. The number of nitrogens with two attached hydrogens (primary N) is 1. The molecule has 5 N–H and O–H groups in total. The van der Waals surface area contributed by atoms with Crippen LogP contribution in [-0.2, 0) is 14.3 Å². The highest BCUT2D eigenvalue weighted by Gasteiger charge is 2.49. The number of nitrogens with zero attached hydrogens (tertiary/aromatic N) is 2. The van der Waals surface area contributed by atoms with Gasteiger partial charge in [0.05, 0.1) is 18.2 Å². The molecule has 2 fully saturated rings. The Labute approximate surface area is 172 Å². The van der Waals surface area contributed by atoms with Gasteiger partial charge in [0.25, 0.3) is 5.56 Å². The summed E-state index contributed by atoms with van der Waals surface area (Å²) in [5.41, 5.74) is 2.46. The number of amides is 1. The number of aromatic nitrogens is 2. The van der Waals surface area contributed by atoms with Gasteiger partial charge < -0.3 is 25.6 Å². The van der Waals surface area contributed by atoms with Crippen LogP contribution in [0.4, 0.5) is 0 Å². The van der Waals surface area contributed by atoms with Crippen molar-refractivity contribution in [1.29, 1.82) is 0 Å². The van der Waals surface area contributed by atoms with Crippen molar-refractivity contribution < 1.29 is 24.5 Å². The van der Waals surface area contributed by atoms with Crippen molar-refractivity contribution in [2.45, 2.75) is 62.3 Å². The largest absolute Gasteiger partial charge is 0.480 e. The van der Waals surface area contributed by atoms with Gasteiger partial charge >= 0.3 is 11.7 Å². The molecule has 166 valence electrons. The first kappa shape index (κ1) is 22.2. The van der Waals surface area contributed by atoms with Crippen LogP contribution < -0.4 is 17.0 Å².